The molecule has 1 aromatic carbocycles. The van der Waals surface area contributed by atoms with Crippen LogP contribution in [0.15, 0.2) is 24.3 Å². The molecule has 1 amide bonds. The molecule has 14 heavy (non-hydrogen) atoms. The van der Waals surface area contributed by atoms with Crippen molar-refractivity contribution in [3.63, 3.8) is 0 Å². The van der Waals surface area contributed by atoms with Gasteiger partial charge in [0.05, 0.1) is 6.04 Å². The third-order valence-corrected chi connectivity index (χ3v) is 1.94. The highest BCUT2D eigenvalue weighted by Crippen LogP contribution is 2.15. The summed E-state index contributed by atoms with van der Waals surface area (Å²) < 4.78 is 0. The molecule has 4 heteroatoms. The molecule has 1 atom stereocenters. The average Bonchev–Trinajstić information content (AvgIpc) is 2.16. The molecule has 0 aliphatic heterocycles. The first-order chi connectivity index (χ1) is 6.63. The van der Waals surface area contributed by atoms with E-state index in [1.165, 1.54) is 6.07 Å². The molecule has 0 aromatic heterocycles. The van der Waals surface area contributed by atoms with Crippen LogP contribution in [0, 0.1) is 0 Å². The molecule has 0 heterocycles. The van der Waals surface area contributed by atoms with Gasteiger partial charge in [0.25, 0.3) is 0 Å². The molecule has 0 aliphatic rings. The number of phenolic OH excluding ortho intramolecular Hbond substituents is 1. The molecule has 0 saturated heterocycles. The Balaban J connectivity index is 2.65. The molecule has 1 rings (SSSR count). The molecule has 0 fully saturated rings. The van der Waals surface area contributed by atoms with Gasteiger partial charge in [0.15, 0.2) is 0 Å². The van der Waals surface area contributed by atoms with Crippen LogP contribution in [0.1, 0.15) is 6.92 Å². The number of phenols is 1. The van der Waals surface area contributed by atoms with E-state index in [2.05, 4.69) is 10.6 Å². The Labute approximate surface area is 82.9 Å². The van der Waals surface area contributed by atoms with E-state index < -0.39 is 0 Å². The molecule has 0 bridgehead atoms. The summed E-state index contributed by atoms with van der Waals surface area (Å²) >= 11 is 0. The second-order valence-corrected chi connectivity index (χ2v) is 3.05. The van der Waals surface area contributed by atoms with Gasteiger partial charge in [-0.25, -0.2) is 0 Å². The number of amides is 1. The summed E-state index contributed by atoms with van der Waals surface area (Å²) in [6.45, 7) is 1.76. The number of aromatic hydroxyl groups is 1. The molecule has 0 saturated carbocycles. The van der Waals surface area contributed by atoms with Crippen molar-refractivity contribution in [2.24, 2.45) is 0 Å². The summed E-state index contributed by atoms with van der Waals surface area (Å²) in [5.74, 6) is 0.0120. The van der Waals surface area contributed by atoms with E-state index in [0.717, 1.165) is 0 Å². The SMILES string of the molecule is CN[C@@H](C)C(=O)Nc1cccc(O)c1. The van der Waals surface area contributed by atoms with Crippen LogP contribution in [0.5, 0.6) is 5.75 Å². The van der Waals surface area contributed by atoms with Crippen LogP contribution in [-0.2, 0) is 4.79 Å². The standard InChI is InChI=1S/C10H14N2O2/c1-7(11-2)10(14)12-8-4-3-5-9(13)6-8/h3-7,11,13H,1-2H3,(H,12,14)/t7-/m0/s1. The van der Waals surface area contributed by atoms with Gasteiger partial charge in [-0.3, -0.25) is 4.79 Å². The molecule has 1 aromatic rings. The van der Waals surface area contributed by atoms with E-state index in [-0.39, 0.29) is 17.7 Å². The summed E-state index contributed by atoms with van der Waals surface area (Å²) in [7, 11) is 1.71. The van der Waals surface area contributed by atoms with Crippen molar-refractivity contribution in [2.75, 3.05) is 12.4 Å². The van der Waals surface area contributed by atoms with Crippen molar-refractivity contribution in [3.8, 4) is 5.75 Å². The number of anilines is 1. The molecular weight excluding hydrogens is 180 g/mol. The minimum Gasteiger partial charge on any atom is -0.508 e. The van der Waals surface area contributed by atoms with E-state index in [1.54, 1.807) is 32.2 Å². The van der Waals surface area contributed by atoms with Gasteiger partial charge in [-0.1, -0.05) is 6.07 Å². The van der Waals surface area contributed by atoms with Gasteiger partial charge in [-0.15, -0.1) is 0 Å². The smallest absolute Gasteiger partial charge is 0.241 e. The number of carbonyl (C=O) groups excluding carboxylic acids is 1. The lowest BCUT2D eigenvalue weighted by atomic mass is 10.2. The summed E-state index contributed by atoms with van der Waals surface area (Å²) in [6.07, 6.45) is 0. The van der Waals surface area contributed by atoms with E-state index in [4.69, 9.17) is 5.11 Å². The van der Waals surface area contributed by atoms with E-state index in [1.807, 2.05) is 0 Å². The highest BCUT2D eigenvalue weighted by atomic mass is 16.3. The predicted molar refractivity (Wildman–Crippen MR) is 55.3 cm³/mol. The minimum atomic E-state index is -0.252. The lowest BCUT2D eigenvalue weighted by molar-refractivity contribution is -0.117. The normalized spacial score (nSPS) is 12.1. The Morgan fingerprint density at radius 2 is 2.21 bits per heavy atom. The fourth-order valence-electron chi connectivity index (χ4n) is 0.965. The second-order valence-electron chi connectivity index (χ2n) is 3.05. The van der Waals surface area contributed by atoms with Crippen molar-refractivity contribution >= 4 is 11.6 Å². The quantitative estimate of drug-likeness (QED) is 0.671. The second kappa shape index (κ2) is 4.62. The van der Waals surface area contributed by atoms with Crippen LogP contribution in [0.2, 0.25) is 0 Å². The number of nitrogens with one attached hydrogen (secondary N) is 2. The highest BCUT2D eigenvalue weighted by molar-refractivity contribution is 5.94. The monoisotopic (exact) mass is 194 g/mol. The summed E-state index contributed by atoms with van der Waals surface area (Å²) in [6, 6.07) is 6.20. The van der Waals surface area contributed by atoms with Crippen LogP contribution in [0.4, 0.5) is 5.69 Å². The number of rotatable bonds is 3. The fraction of sp³-hybridized carbons (Fsp3) is 0.300. The lowest BCUT2D eigenvalue weighted by Gasteiger charge is -2.10. The zero-order chi connectivity index (χ0) is 10.6. The van der Waals surface area contributed by atoms with E-state index >= 15 is 0 Å². The van der Waals surface area contributed by atoms with E-state index in [9.17, 15) is 4.79 Å². The summed E-state index contributed by atoms with van der Waals surface area (Å²) in [5, 5.41) is 14.7. The van der Waals surface area contributed by atoms with Crippen LogP contribution in [-0.4, -0.2) is 24.1 Å². The molecule has 0 unspecified atom stereocenters. The Hall–Kier alpha value is -1.55. The van der Waals surface area contributed by atoms with Gasteiger partial charge in [0.2, 0.25) is 5.91 Å². The van der Waals surface area contributed by atoms with Crippen LogP contribution in [0.3, 0.4) is 0 Å². The first-order valence-corrected chi connectivity index (χ1v) is 4.40. The van der Waals surface area contributed by atoms with Gasteiger partial charge < -0.3 is 15.7 Å². The van der Waals surface area contributed by atoms with Crippen molar-refractivity contribution in [1.82, 2.24) is 5.32 Å². The lowest BCUT2D eigenvalue weighted by Crippen LogP contribution is -2.35. The van der Waals surface area contributed by atoms with Gasteiger partial charge in [0, 0.05) is 11.8 Å². The highest BCUT2D eigenvalue weighted by Gasteiger charge is 2.09. The van der Waals surface area contributed by atoms with Gasteiger partial charge in [-0.2, -0.15) is 0 Å². The Kier molecular flexibility index (Phi) is 3.48. The van der Waals surface area contributed by atoms with Gasteiger partial charge in [0.1, 0.15) is 5.75 Å². The van der Waals surface area contributed by atoms with Crippen molar-refractivity contribution in [3.05, 3.63) is 24.3 Å². The molecule has 0 radical (unpaired) electrons. The summed E-state index contributed by atoms with van der Waals surface area (Å²) in [5.41, 5.74) is 0.595. The van der Waals surface area contributed by atoms with Gasteiger partial charge >= 0.3 is 0 Å². The largest absolute Gasteiger partial charge is 0.508 e. The third kappa shape index (κ3) is 2.74. The third-order valence-electron chi connectivity index (χ3n) is 1.94. The molecular formula is C10H14N2O2. The van der Waals surface area contributed by atoms with Crippen molar-refractivity contribution < 1.29 is 9.90 Å². The number of hydrogen-bond acceptors (Lipinski definition) is 3. The number of benzene rings is 1. The maximum absolute atomic E-state index is 11.4. The Morgan fingerprint density at radius 3 is 2.79 bits per heavy atom. The molecule has 3 N–H and O–H groups in total. The average molecular weight is 194 g/mol. The first kappa shape index (κ1) is 10.5. The number of likely N-dealkylation sites (N-methyl/N-ethyl adjacent to an activating group) is 1. The maximum Gasteiger partial charge on any atom is 0.241 e. The zero-order valence-electron chi connectivity index (χ0n) is 8.24. The molecule has 4 nitrogen and oxygen atoms in total. The Morgan fingerprint density at radius 1 is 1.50 bits per heavy atom. The maximum atomic E-state index is 11.4. The molecule has 76 valence electrons. The molecule has 0 spiro atoms. The predicted octanol–water partition coefficient (Wildman–Crippen LogP) is 0.939. The van der Waals surface area contributed by atoms with Crippen molar-refractivity contribution in [1.29, 1.82) is 0 Å². The van der Waals surface area contributed by atoms with Crippen LogP contribution in [0.25, 0.3) is 0 Å². The van der Waals surface area contributed by atoms with Crippen LogP contribution < -0.4 is 10.6 Å². The number of hydrogen-bond donors (Lipinski definition) is 3. The number of carbonyl (C=O) groups is 1. The first-order valence-electron chi connectivity index (χ1n) is 4.40. The summed E-state index contributed by atoms with van der Waals surface area (Å²) in [4.78, 5) is 11.4. The Bertz CT molecular complexity index is 326. The minimum absolute atomic E-state index is 0.127. The van der Waals surface area contributed by atoms with Crippen LogP contribution >= 0.6 is 0 Å². The topological polar surface area (TPSA) is 61.4 Å². The molecule has 0 aliphatic carbocycles. The van der Waals surface area contributed by atoms with E-state index in [0.29, 0.717) is 5.69 Å². The van der Waals surface area contributed by atoms with Gasteiger partial charge in [-0.05, 0) is 26.1 Å². The zero-order valence-corrected chi connectivity index (χ0v) is 8.24. The van der Waals surface area contributed by atoms with Crippen molar-refractivity contribution in [2.45, 2.75) is 13.0 Å². The fourth-order valence-corrected chi connectivity index (χ4v) is 0.965.